The molecule has 1 rings (SSSR count). The monoisotopic (exact) mass is 231 g/mol. The molecule has 0 aromatic heterocycles. The molecule has 1 aromatic carbocycles. The molecule has 6 heteroatoms. The largest absolute Gasteiger partial charge is 0.544 e. The van der Waals surface area contributed by atoms with Gasteiger partial charge in [0, 0.05) is 12.0 Å². The summed E-state index contributed by atoms with van der Waals surface area (Å²) in [6, 6.07) is 5.00. The molecule has 0 heterocycles. The highest BCUT2D eigenvalue weighted by Gasteiger charge is 2.14. The van der Waals surface area contributed by atoms with Gasteiger partial charge < -0.3 is 20.4 Å². The van der Waals surface area contributed by atoms with Crippen molar-refractivity contribution in [2.45, 2.75) is 19.1 Å². The van der Waals surface area contributed by atoms with E-state index in [2.05, 4.69) is 10.5 Å². The SMILES string of the molecule is [NH3+][C@H](Cc1ccccc1OC(F)F)C(=O)[O-]. The van der Waals surface area contributed by atoms with Crippen LogP contribution >= 0.6 is 0 Å². The Hall–Kier alpha value is -1.69. The number of carbonyl (C=O) groups excluding carboxylic acids is 1. The second-order valence-corrected chi connectivity index (χ2v) is 3.21. The summed E-state index contributed by atoms with van der Waals surface area (Å²) in [7, 11) is 0. The van der Waals surface area contributed by atoms with Gasteiger partial charge >= 0.3 is 6.61 Å². The minimum atomic E-state index is -2.94. The second kappa shape index (κ2) is 5.41. The van der Waals surface area contributed by atoms with Crippen LogP contribution in [-0.4, -0.2) is 18.6 Å². The molecule has 0 aliphatic carbocycles. The number of para-hydroxylation sites is 1. The van der Waals surface area contributed by atoms with Gasteiger partial charge in [0.1, 0.15) is 11.8 Å². The number of carboxylic acid groups (broad SMARTS) is 1. The number of alkyl halides is 2. The Morgan fingerprint density at radius 3 is 2.62 bits per heavy atom. The van der Waals surface area contributed by atoms with Gasteiger partial charge in [0.15, 0.2) is 0 Å². The second-order valence-electron chi connectivity index (χ2n) is 3.21. The Morgan fingerprint density at radius 1 is 1.44 bits per heavy atom. The molecule has 1 aromatic rings. The van der Waals surface area contributed by atoms with E-state index in [-0.39, 0.29) is 12.2 Å². The molecule has 0 aliphatic heterocycles. The van der Waals surface area contributed by atoms with E-state index in [1.807, 2.05) is 0 Å². The van der Waals surface area contributed by atoms with E-state index in [1.165, 1.54) is 18.2 Å². The maximum atomic E-state index is 12.0. The molecule has 0 saturated carbocycles. The molecule has 4 nitrogen and oxygen atoms in total. The molecule has 0 saturated heterocycles. The molecule has 0 amide bonds. The number of ether oxygens (including phenoxy) is 1. The highest BCUT2D eigenvalue weighted by molar-refractivity contribution is 5.69. The van der Waals surface area contributed by atoms with Crippen molar-refractivity contribution in [1.29, 1.82) is 0 Å². The lowest BCUT2D eigenvalue weighted by Crippen LogP contribution is -2.69. The van der Waals surface area contributed by atoms with Crippen LogP contribution in [0.3, 0.4) is 0 Å². The molecule has 16 heavy (non-hydrogen) atoms. The van der Waals surface area contributed by atoms with Crippen molar-refractivity contribution >= 4 is 5.97 Å². The number of hydrogen-bond donors (Lipinski definition) is 1. The lowest BCUT2D eigenvalue weighted by molar-refractivity contribution is -0.437. The van der Waals surface area contributed by atoms with E-state index >= 15 is 0 Å². The van der Waals surface area contributed by atoms with Crippen LogP contribution in [0, 0.1) is 0 Å². The van der Waals surface area contributed by atoms with Crippen molar-refractivity contribution in [3.63, 3.8) is 0 Å². The molecule has 0 aliphatic rings. The van der Waals surface area contributed by atoms with Gasteiger partial charge in [-0.1, -0.05) is 18.2 Å². The zero-order chi connectivity index (χ0) is 12.1. The number of hydrogen-bond acceptors (Lipinski definition) is 3. The smallest absolute Gasteiger partial charge is 0.387 e. The molecule has 88 valence electrons. The van der Waals surface area contributed by atoms with Gasteiger partial charge in [0.05, 0.1) is 5.97 Å². The number of aliphatic carboxylic acids is 1. The summed E-state index contributed by atoms with van der Waals surface area (Å²) in [5.41, 5.74) is 3.72. The van der Waals surface area contributed by atoms with Gasteiger partial charge in [-0.15, -0.1) is 0 Å². The van der Waals surface area contributed by atoms with E-state index in [0.29, 0.717) is 5.56 Å². The average molecular weight is 231 g/mol. The quantitative estimate of drug-likeness (QED) is 0.720. The fourth-order valence-electron chi connectivity index (χ4n) is 1.23. The van der Waals surface area contributed by atoms with Crippen LogP contribution in [0.5, 0.6) is 5.75 Å². The third-order valence-electron chi connectivity index (χ3n) is 1.99. The Bertz CT molecular complexity index is 371. The van der Waals surface area contributed by atoms with Gasteiger partial charge in [-0.2, -0.15) is 8.78 Å². The minimum absolute atomic E-state index is 0.00870. The maximum absolute atomic E-state index is 12.0. The Labute approximate surface area is 90.6 Å². The van der Waals surface area contributed by atoms with E-state index in [1.54, 1.807) is 6.07 Å². The Morgan fingerprint density at radius 2 is 2.06 bits per heavy atom. The van der Waals surface area contributed by atoms with Crippen molar-refractivity contribution in [2.24, 2.45) is 0 Å². The van der Waals surface area contributed by atoms with Crippen LogP contribution < -0.4 is 15.6 Å². The van der Waals surface area contributed by atoms with Gasteiger partial charge in [0.2, 0.25) is 0 Å². The Kier molecular flexibility index (Phi) is 4.19. The van der Waals surface area contributed by atoms with Crippen LogP contribution in [0.15, 0.2) is 24.3 Å². The van der Waals surface area contributed by atoms with Crippen molar-refractivity contribution in [2.75, 3.05) is 0 Å². The van der Waals surface area contributed by atoms with E-state index in [9.17, 15) is 18.7 Å². The lowest BCUT2D eigenvalue weighted by Gasteiger charge is -2.13. The predicted octanol–water partition coefficient (Wildman–Crippen LogP) is -0.809. The molecule has 0 unspecified atom stereocenters. The van der Waals surface area contributed by atoms with Crippen molar-refractivity contribution in [3.8, 4) is 5.75 Å². The summed E-state index contributed by atoms with van der Waals surface area (Å²) in [4.78, 5) is 10.5. The summed E-state index contributed by atoms with van der Waals surface area (Å²) >= 11 is 0. The van der Waals surface area contributed by atoms with Crippen LogP contribution in [0.2, 0.25) is 0 Å². The summed E-state index contributed by atoms with van der Waals surface area (Å²) in [6.45, 7) is -2.94. The van der Waals surface area contributed by atoms with Gasteiger partial charge in [-0.05, 0) is 6.07 Å². The number of carboxylic acids is 1. The van der Waals surface area contributed by atoms with Gasteiger partial charge in [-0.25, -0.2) is 0 Å². The van der Waals surface area contributed by atoms with Crippen LogP contribution in [-0.2, 0) is 11.2 Å². The zero-order valence-electron chi connectivity index (χ0n) is 8.36. The molecule has 0 radical (unpaired) electrons. The lowest BCUT2D eigenvalue weighted by atomic mass is 10.1. The van der Waals surface area contributed by atoms with Crippen LogP contribution in [0.25, 0.3) is 0 Å². The molecule has 1 atom stereocenters. The Balaban J connectivity index is 2.82. The number of quaternary nitrogens is 1. The fourth-order valence-corrected chi connectivity index (χ4v) is 1.23. The zero-order valence-corrected chi connectivity index (χ0v) is 8.36. The molecule has 0 fully saturated rings. The first-order chi connectivity index (χ1) is 7.50. The average Bonchev–Trinajstić information content (AvgIpc) is 2.20. The summed E-state index contributed by atoms with van der Waals surface area (Å²) in [6.07, 6.45) is -0.00870. The third kappa shape index (κ3) is 3.47. The third-order valence-corrected chi connectivity index (χ3v) is 1.99. The first kappa shape index (κ1) is 12.4. The standard InChI is InChI=1S/C10H11F2NO3/c11-10(12)16-8-4-2-1-3-6(8)5-7(13)9(14)15/h1-4,7,10H,5,13H2,(H,14,15)/t7-/m1/s1. The number of rotatable bonds is 5. The minimum Gasteiger partial charge on any atom is -0.544 e. The summed E-state index contributed by atoms with van der Waals surface area (Å²) in [5, 5.41) is 10.5. The maximum Gasteiger partial charge on any atom is 0.387 e. The summed E-state index contributed by atoms with van der Waals surface area (Å²) in [5.74, 6) is -1.36. The highest BCUT2D eigenvalue weighted by Crippen LogP contribution is 2.20. The molecular weight excluding hydrogens is 220 g/mol. The van der Waals surface area contributed by atoms with Crippen molar-refractivity contribution in [3.05, 3.63) is 29.8 Å². The molecule has 0 bridgehead atoms. The number of carbonyl (C=O) groups is 1. The van der Waals surface area contributed by atoms with Crippen molar-refractivity contribution in [1.82, 2.24) is 0 Å². The van der Waals surface area contributed by atoms with E-state index in [4.69, 9.17) is 0 Å². The molecular formula is C10H11F2NO3. The number of benzene rings is 1. The fraction of sp³-hybridized carbons (Fsp3) is 0.300. The molecule has 0 spiro atoms. The van der Waals surface area contributed by atoms with Gasteiger partial charge in [-0.3, -0.25) is 0 Å². The van der Waals surface area contributed by atoms with Gasteiger partial charge in [0.25, 0.3) is 0 Å². The topological polar surface area (TPSA) is 77.0 Å². The van der Waals surface area contributed by atoms with E-state index < -0.39 is 18.6 Å². The number of halogens is 2. The highest BCUT2D eigenvalue weighted by atomic mass is 19.3. The first-order valence-electron chi connectivity index (χ1n) is 4.57. The summed E-state index contributed by atoms with van der Waals surface area (Å²) < 4.78 is 28.3. The van der Waals surface area contributed by atoms with Crippen LogP contribution in [0.1, 0.15) is 5.56 Å². The van der Waals surface area contributed by atoms with Crippen LogP contribution in [0.4, 0.5) is 8.78 Å². The predicted molar refractivity (Wildman–Crippen MR) is 48.5 cm³/mol. The van der Waals surface area contributed by atoms with Crippen molar-refractivity contribution < 1.29 is 29.2 Å². The normalized spacial score (nSPS) is 12.5. The first-order valence-corrected chi connectivity index (χ1v) is 4.57. The van der Waals surface area contributed by atoms with E-state index in [0.717, 1.165) is 0 Å². The molecule has 3 N–H and O–H groups in total.